The zero-order valence-electron chi connectivity index (χ0n) is 15.7. The molecule has 0 radical (unpaired) electrons. The smallest absolute Gasteiger partial charge is 0.191 e. The third-order valence-electron chi connectivity index (χ3n) is 4.25. The summed E-state index contributed by atoms with van der Waals surface area (Å²) in [6.07, 6.45) is 7.09. The first-order valence-corrected chi connectivity index (χ1v) is 9.31. The van der Waals surface area contributed by atoms with E-state index in [0.717, 1.165) is 45.1 Å². The molecule has 0 fully saturated rings. The van der Waals surface area contributed by atoms with Gasteiger partial charge in [0.2, 0.25) is 0 Å². The van der Waals surface area contributed by atoms with Gasteiger partial charge in [0.1, 0.15) is 0 Å². The van der Waals surface area contributed by atoms with Crippen LogP contribution >= 0.6 is 0 Å². The molecule has 0 saturated heterocycles. The fourth-order valence-electron chi connectivity index (χ4n) is 2.99. The summed E-state index contributed by atoms with van der Waals surface area (Å²) in [7, 11) is 0. The summed E-state index contributed by atoms with van der Waals surface area (Å²) in [4.78, 5) is 4.68. The molecule has 6 heteroatoms. The molecule has 0 saturated carbocycles. The third kappa shape index (κ3) is 4.88. The number of hydrogen-bond acceptors (Lipinski definition) is 2. The van der Waals surface area contributed by atoms with Gasteiger partial charge in [0.05, 0.1) is 12.7 Å². The average Bonchev–Trinajstić information content (AvgIpc) is 3.25. The maximum atomic E-state index is 4.68. The van der Waals surface area contributed by atoms with Gasteiger partial charge in [0, 0.05) is 44.1 Å². The zero-order valence-corrected chi connectivity index (χ0v) is 15.7. The van der Waals surface area contributed by atoms with Crippen molar-refractivity contribution in [3.8, 4) is 0 Å². The van der Waals surface area contributed by atoms with E-state index in [2.05, 4.69) is 75.7 Å². The van der Waals surface area contributed by atoms with Gasteiger partial charge in [-0.1, -0.05) is 18.2 Å². The molecular formula is C20H28N6. The monoisotopic (exact) mass is 352 g/mol. The predicted octanol–water partition coefficient (Wildman–Crippen LogP) is 2.79. The molecule has 2 heterocycles. The zero-order chi connectivity index (χ0) is 18.2. The minimum atomic E-state index is 0.794. The number of nitrogens with one attached hydrogen (secondary N) is 2. The molecule has 0 aliphatic heterocycles. The molecule has 0 aliphatic rings. The van der Waals surface area contributed by atoms with Crippen LogP contribution in [0.25, 0.3) is 10.9 Å². The van der Waals surface area contributed by atoms with E-state index in [4.69, 9.17) is 0 Å². The number of guanidine groups is 1. The fraction of sp³-hybridized carbons (Fsp3) is 0.400. The van der Waals surface area contributed by atoms with E-state index in [1.165, 1.54) is 16.5 Å². The van der Waals surface area contributed by atoms with Crippen molar-refractivity contribution < 1.29 is 0 Å². The van der Waals surface area contributed by atoms with Crippen molar-refractivity contribution in [2.24, 2.45) is 4.99 Å². The number of rotatable bonds is 8. The molecule has 3 aromatic rings. The number of nitrogens with zero attached hydrogens (tertiary/aromatic N) is 4. The van der Waals surface area contributed by atoms with E-state index < -0.39 is 0 Å². The standard InChI is InChI=1S/C20H28N6/c1-3-21-20(23-11-14-26-16-17(2)15-24-26)22-10-6-12-25-13-9-18-7-4-5-8-19(18)25/h4-5,7-9,13,15-16H,3,6,10-12,14H2,1-2H3,(H2,21,22,23). The number of benzene rings is 1. The molecule has 0 bridgehead atoms. The van der Waals surface area contributed by atoms with Gasteiger partial charge >= 0.3 is 0 Å². The minimum Gasteiger partial charge on any atom is -0.357 e. The highest BCUT2D eigenvalue weighted by Crippen LogP contribution is 2.15. The molecule has 0 unspecified atom stereocenters. The summed E-state index contributed by atoms with van der Waals surface area (Å²) in [6, 6.07) is 10.7. The number of hydrogen-bond donors (Lipinski definition) is 2. The molecule has 0 atom stereocenters. The summed E-state index contributed by atoms with van der Waals surface area (Å²) < 4.78 is 4.24. The number of aryl methyl sites for hydroxylation is 2. The van der Waals surface area contributed by atoms with Crippen LogP contribution in [0.15, 0.2) is 53.9 Å². The molecule has 0 aliphatic carbocycles. The van der Waals surface area contributed by atoms with E-state index in [0.29, 0.717) is 0 Å². The Bertz CT molecular complexity index is 845. The summed E-state index contributed by atoms with van der Waals surface area (Å²) in [5.74, 6) is 0.869. The van der Waals surface area contributed by atoms with Gasteiger partial charge in [-0.15, -0.1) is 0 Å². The van der Waals surface area contributed by atoms with Crippen molar-refractivity contribution in [3.05, 3.63) is 54.5 Å². The second-order valence-corrected chi connectivity index (χ2v) is 6.39. The molecule has 1 aromatic carbocycles. The summed E-state index contributed by atoms with van der Waals surface area (Å²) in [5.41, 5.74) is 2.47. The van der Waals surface area contributed by atoms with Crippen molar-refractivity contribution in [1.82, 2.24) is 25.0 Å². The molecule has 26 heavy (non-hydrogen) atoms. The average molecular weight is 352 g/mol. The van der Waals surface area contributed by atoms with Gasteiger partial charge in [0.15, 0.2) is 5.96 Å². The third-order valence-corrected chi connectivity index (χ3v) is 4.25. The lowest BCUT2D eigenvalue weighted by molar-refractivity contribution is 0.596. The van der Waals surface area contributed by atoms with Gasteiger partial charge in [-0.05, 0) is 43.4 Å². The largest absolute Gasteiger partial charge is 0.357 e. The Kier molecular flexibility index (Phi) is 6.30. The van der Waals surface area contributed by atoms with Crippen molar-refractivity contribution in [3.63, 3.8) is 0 Å². The number of fused-ring (bicyclic) bond motifs is 1. The first-order chi connectivity index (χ1) is 12.8. The van der Waals surface area contributed by atoms with Gasteiger partial charge in [-0.25, -0.2) is 0 Å². The van der Waals surface area contributed by atoms with Crippen LogP contribution in [0.1, 0.15) is 18.9 Å². The van der Waals surface area contributed by atoms with Crippen LogP contribution in [-0.2, 0) is 13.1 Å². The van der Waals surface area contributed by atoms with Crippen LogP contribution in [-0.4, -0.2) is 39.9 Å². The van der Waals surface area contributed by atoms with Gasteiger partial charge in [-0.2, -0.15) is 5.10 Å². The second-order valence-electron chi connectivity index (χ2n) is 6.39. The Hall–Kier alpha value is -2.76. The maximum Gasteiger partial charge on any atom is 0.191 e. The highest BCUT2D eigenvalue weighted by atomic mass is 15.3. The van der Waals surface area contributed by atoms with Crippen LogP contribution in [0.3, 0.4) is 0 Å². The summed E-state index contributed by atoms with van der Waals surface area (Å²) in [5, 5.41) is 12.3. The van der Waals surface area contributed by atoms with E-state index in [1.807, 2.05) is 17.1 Å². The van der Waals surface area contributed by atoms with E-state index in [1.54, 1.807) is 0 Å². The van der Waals surface area contributed by atoms with Crippen LogP contribution in [0, 0.1) is 6.92 Å². The van der Waals surface area contributed by atoms with Gasteiger partial charge in [-0.3, -0.25) is 9.67 Å². The molecule has 0 amide bonds. The molecule has 138 valence electrons. The second kappa shape index (κ2) is 9.08. The van der Waals surface area contributed by atoms with Crippen molar-refractivity contribution in [1.29, 1.82) is 0 Å². The normalized spacial score (nSPS) is 11.8. The molecule has 0 spiro atoms. The number of aromatic nitrogens is 3. The van der Waals surface area contributed by atoms with Gasteiger partial charge < -0.3 is 15.2 Å². The van der Waals surface area contributed by atoms with Crippen LogP contribution < -0.4 is 10.6 Å². The topological polar surface area (TPSA) is 59.2 Å². The molecule has 6 nitrogen and oxygen atoms in total. The Labute approximate surface area is 154 Å². The van der Waals surface area contributed by atoms with E-state index in [-0.39, 0.29) is 0 Å². The molecular weight excluding hydrogens is 324 g/mol. The quantitative estimate of drug-likeness (QED) is 0.372. The highest BCUT2D eigenvalue weighted by Gasteiger charge is 2.01. The number of para-hydroxylation sites is 1. The lowest BCUT2D eigenvalue weighted by atomic mass is 10.2. The minimum absolute atomic E-state index is 0.794. The predicted molar refractivity (Wildman–Crippen MR) is 108 cm³/mol. The molecule has 3 rings (SSSR count). The van der Waals surface area contributed by atoms with Gasteiger partial charge in [0.25, 0.3) is 0 Å². The number of aliphatic imine (C=N–C) groups is 1. The Balaban J connectivity index is 1.46. The van der Waals surface area contributed by atoms with Crippen LogP contribution in [0.2, 0.25) is 0 Å². The van der Waals surface area contributed by atoms with Crippen LogP contribution in [0.4, 0.5) is 0 Å². The molecule has 2 aromatic heterocycles. The first-order valence-electron chi connectivity index (χ1n) is 9.31. The molecule has 2 N–H and O–H groups in total. The van der Waals surface area contributed by atoms with Crippen LogP contribution in [0.5, 0.6) is 0 Å². The fourth-order valence-corrected chi connectivity index (χ4v) is 2.99. The van der Waals surface area contributed by atoms with E-state index in [9.17, 15) is 0 Å². The Morgan fingerprint density at radius 2 is 2.04 bits per heavy atom. The summed E-state index contributed by atoms with van der Waals surface area (Å²) >= 11 is 0. The van der Waals surface area contributed by atoms with E-state index >= 15 is 0 Å². The Morgan fingerprint density at radius 1 is 1.15 bits per heavy atom. The lowest BCUT2D eigenvalue weighted by Gasteiger charge is -2.11. The first kappa shape index (κ1) is 18.0. The SMILES string of the molecule is CCNC(=NCCCn1ccc2ccccc21)NCCn1cc(C)cn1. The summed E-state index contributed by atoms with van der Waals surface area (Å²) in [6.45, 7) is 8.39. The highest BCUT2D eigenvalue weighted by molar-refractivity contribution is 5.80. The van der Waals surface area contributed by atoms with Crippen molar-refractivity contribution >= 4 is 16.9 Å². The Morgan fingerprint density at radius 3 is 2.85 bits per heavy atom. The maximum absolute atomic E-state index is 4.68. The lowest BCUT2D eigenvalue weighted by Crippen LogP contribution is -2.39. The van der Waals surface area contributed by atoms with Crippen molar-refractivity contribution in [2.45, 2.75) is 33.4 Å². The van der Waals surface area contributed by atoms with Crippen molar-refractivity contribution in [2.75, 3.05) is 19.6 Å².